The van der Waals surface area contributed by atoms with Crippen LogP contribution in [0.4, 0.5) is 10.5 Å². The van der Waals surface area contributed by atoms with E-state index >= 15 is 0 Å². The molecule has 2 rings (SSSR count). The van der Waals surface area contributed by atoms with Gasteiger partial charge in [0.15, 0.2) is 5.37 Å². The summed E-state index contributed by atoms with van der Waals surface area (Å²) < 4.78 is 9.39. The van der Waals surface area contributed by atoms with Crippen molar-refractivity contribution in [2.75, 3.05) is 25.3 Å². The number of nitrogens with zero attached hydrogens (tertiary/aromatic N) is 1. The van der Waals surface area contributed by atoms with Crippen molar-refractivity contribution in [3.63, 3.8) is 0 Å². The maximum absolute atomic E-state index is 12.6. The first kappa shape index (κ1) is 18.7. The average molecular weight is 393 g/mol. The Morgan fingerprint density at radius 2 is 1.83 bits per heavy atom. The van der Waals surface area contributed by atoms with Gasteiger partial charge in [-0.05, 0) is 18.2 Å². The van der Waals surface area contributed by atoms with Gasteiger partial charge in [-0.25, -0.2) is 14.4 Å². The number of carbonyl (C=O) groups excluding carboxylic acids is 3. The predicted molar refractivity (Wildman–Crippen MR) is 91.4 cm³/mol. The summed E-state index contributed by atoms with van der Waals surface area (Å²) in [6, 6.07) is 2.99. The van der Waals surface area contributed by atoms with Gasteiger partial charge in [0, 0.05) is 11.4 Å². The number of esters is 2. The summed E-state index contributed by atoms with van der Waals surface area (Å²) in [5.41, 5.74) is 0.374. The number of amides is 2. The lowest BCUT2D eigenvalue weighted by Crippen LogP contribution is -2.50. The van der Waals surface area contributed by atoms with Crippen LogP contribution in [0.15, 0.2) is 18.2 Å². The van der Waals surface area contributed by atoms with Crippen LogP contribution in [-0.2, 0) is 19.1 Å². The summed E-state index contributed by atoms with van der Waals surface area (Å²) >= 11 is 12.9. The Balaban J connectivity index is 2.24. The van der Waals surface area contributed by atoms with Gasteiger partial charge in [-0.2, -0.15) is 0 Å². The minimum Gasteiger partial charge on any atom is -0.467 e. The fourth-order valence-electron chi connectivity index (χ4n) is 2.12. The summed E-state index contributed by atoms with van der Waals surface area (Å²) in [5.74, 6) is -1.02. The van der Waals surface area contributed by atoms with Crippen molar-refractivity contribution in [3.05, 3.63) is 28.2 Å². The molecule has 0 spiro atoms. The molecule has 0 aromatic heterocycles. The lowest BCUT2D eigenvalue weighted by atomic mass is 10.3. The van der Waals surface area contributed by atoms with E-state index < -0.39 is 29.4 Å². The fourth-order valence-corrected chi connectivity index (χ4v) is 3.71. The molecule has 0 unspecified atom stereocenters. The molecule has 1 N–H and O–H groups in total. The molecular weight excluding hydrogens is 379 g/mol. The minimum atomic E-state index is -0.943. The molecule has 0 radical (unpaired) electrons. The summed E-state index contributed by atoms with van der Waals surface area (Å²) in [6.45, 7) is 0. The van der Waals surface area contributed by atoms with E-state index in [1.807, 2.05) is 0 Å². The molecule has 2 amide bonds. The van der Waals surface area contributed by atoms with E-state index in [2.05, 4.69) is 10.1 Å². The van der Waals surface area contributed by atoms with Crippen LogP contribution in [0.5, 0.6) is 0 Å². The molecule has 1 fully saturated rings. The van der Waals surface area contributed by atoms with E-state index in [0.29, 0.717) is 10.7 Å². The Hall–Kier alpha value is -1.64. The number of carbonyl (C=O) groups is 3. The number of hydrogen-bond acceptors (Lipinski definition) is 6. The van der Waals surface area contributed by atoms with Gasteiger partial charge in [0.05, 0.1) is 24.3 Å². The molecule has 1 aromatic carbocycles. The van der Waals surface area contributed by atoms with E-state index in [0.717, 1.165) is 16.7 Å². The second-order valence-corrected chi connectivity index (χ2v) is 6.64. The lowest BCUT2D eigenvalue weighted by Gasteiger charge is -2.26. The molecule has 1 aliphatic heterocycles. The molecule has 1 aromatic rings. The van der Waals surface area contributed by atoms with Crippen molar-refractivity contribution < 1.29 is 23.9 Å². The van der Waals surface area contributed by atoms with Gasteiger partial charge in [-0.3, -0.25) is 4.90 Å². The smallest absolute Gasteiger partial charge is 0.339 e. The fraction of sp³-hybridized carbons (Fsp3) is 0.357. The second-order valence-electron chi connectivity index (χ2n) is 4.71. The molecule has 7 nitrogen and oxygen atoms in total. The SMILES string of the molecule is COC(=O)[C@H]1SC[C@@H](C(=O)OC)N1C(=O)Nc1ccc(Cl)c(Cl)c1. The van der Waals surface area contributed by atoms with Crippen LogP contribution in [0.2, 0.25) is 10.0 Å². The quantitative estimate of drug-likeness (QED) is 0.795. The zero-order valence-electron chi connectivity index (χ0n) is 12.7. The van der Waals surface area contributed by atoms with E-state index in [4.69, 9.17) is 27.9 Å². The minimum absolute atomic E-state index is 0.223. The molecule has 1 saturated heterocycles. The predicted octanol–water partition coefficient (Wildman–Crippen LogP) is 2.61. The monoisotopic (exact) mass is 392 g/mol. The van der Waals surface area contributed by atoms with Gasteiger partial charge >= 0.3 is 18.0 Å². The van der Waals surface area contributed by atoms with Crippen LogP contribution in [0.1, 0.15) is 0 Å². The number of thioether (sulfide) groups is 1. The molecule has 1 aliphatic rings. The molecule has 0 aliphatic carbocycles. The van der Waals surface area contributed by atoms with Gasteiger partial charge < -0.3 is 14.8 Å². The Kier molecular flexibility index (Phi) is 6.20. The molecule has 1 heterocycles. The zero-order valence-corrected chi connectivity index (χ0v) is 15.1. The number of nitrogens with one attached hydrogen (secondary N) is 1. The molecule has 24 heavy (non-hydrogen) atoms. The van der Waals surface area contributed by atoms with E-state index in [1.165, 1.54) is 26.4 Å². The zero-order chi connectivity index (χ0) is 17.9. The van der Waals surface area contributed by atoms with Gasteiger partial charge in [-0.15, -0.1) is 11.8 Å². The highest BCUT2D eigenvalue weighted by molar-refractivity contribution is 8.00. The maximum atomic E-state index is 12.6. The van der Waals surface area contributed by atoms with Crippen LogP contribution in [0.3, 0.4) is 0 Å². The lowest BCUT2D eigenvalue weighted by molar-refractivity contribution is -0.147. The van der Waals surface area contributed by atoms with Crippen molar-refractivity contribution in [1.82, 2.24) is 4.90 Å². The van der Waals surface area contributed by atoms with Crippen molar-refractivity contribution in [2.45, 2.75) is 11.4 Å². The summed E-state index contributed by atoms with van der Waals surface area (Å²) in [4.78, 5) is 37.5. The summed E-state index contributed by atoms with van der Waals surface area (Å²) in [6.07, 6.45) is 0. The highest BCUT2D eigenvalue weighted by atomic mass is 35.5. The highest BCUT2D eigenvalue weighted by Crippen LogP contribution is 2.32. The standard InChI is InChI=1S/C14H14Cl2N2O5S/c1-22-12(19)10-6-24-11(13(20)23-2)18(10)14(21)17-7-3-4-8(15)9(16)5-7/h3-5,10-11H,6H2,1-2H3,(H,17,21)/t10-,11+/m0/s1. The molecular formula is C14H14Cl2N2O5S. The Labute approximate surface area is 152 Å². The van der Waals surface area contributed by atoms with Crippen molar-refractivity contribution in [1.29, 1.82) is 0 Å². The largest absolute Gasteiger partial charge is 0.467 e. The topological polar surface area (TPSA) is 84.9 Å². The molecule has 130 valence electrons. The third-order valence-electron chi connectivity index (χ3n) is 3.28. The normalized spacial score (nSPS) is 19.8. The number of ether oxygens (including phenoxy) is 2. The number of halogens is 2. The Morgan fingerprint density at radius 1 is 1.17 bits per heavy atom. The van der Waals surface area contributed by atoms with Crippen LogP contribution in [-0.4, -0.2) is 54.3 Å². The highest BCUT2D eigenvalue weighted by Gasteiger charge is 2.46. The van der Waals surface area contributed by atoms with E-state index in [1.54, 1.807) is 6.07 Å². The van der Waals surface area contributed by atoms with E-state index in [-0.39, 0.29) is 10.8 Å². The number of rotatable bonds is 3. The number of benzene rings is 1. The first-order valence-electron chi connectivity index (χ1n) is 6.70. The Morgan fingerprint density at radius 3 is 2.42 bits per heavy atom. The Bertz CT molecular complexity index is 649. The first-order chi connectivity index (χ1) is 11.4. The first-order valence-corrected chi connectivity index (χ1v) is 8.51. The molecule has 10 heteroatoms. The van der Waals surface area contributed by atoms with Crippen LogP contribution in [0, 0.1) is 0 Å². The number of hydrogen-bond donors (Lipinski definition) is 1. The van der Waals surface area contributed by atoms with Gasteiger partial charge in [0.25, 0.3) is 0 Å². The van der Waals surface area contributed by atoms with Crippen LogP contribution < -0.4 is 5.32 Å². The molecule has 0 bridgehead atoms. The molecule has 0 saturated carbocycles. The number of anilines is 1. The molecule has 2 atom stereocenters. The summed E-state index contributed by atoms with van der Waals surface area (Å²) in [7, 11) is 2.43. The van der Waals surface area contributed by atoms with Crippen molar-refractivity contribution in [2.24, 2.45) is 0 Å². The van der Waals surface area contributed by atoms with Crippen molar-refractivity contribution in [3.8, 4) is 0 Å². The average Bonchev–Trinajstić information content (AvgIpc) is 3.01. The summed E-state index contributed by atoms with van der Waals surface area (Å²) in [5, 5.41) is 2.24. The van der Waals surface area contributed by atoms with Crippen LogP contribution >= 0.6 is 35.0 Å². The maximum Gasteiger partial charge on any atom is 0.339 e. The van der Waals surface area contributed by atoms with Gasteiger partial charge in [-0.1, -0.05) is 23.2 Å². The third-order valence-corrected chi connectivity index (χ3v) is 5.26. The van der Waals surface area contributed by atoms with Crippen molar-refractivity contribution >= 4 is 58.6 Å². The van der Waals surface area contributed by atoms with E-state index in [9.17, 15) is 14.4 Å². The van der Waals surface area contributed by atoms with Gasteiger partial charge in [0.1, 0.15) is 6.04 Å². The number of urea groups is 1. The second kappa shape index (κ2) is 7.96. The van der Waals surface area contributed by atoms with Crippen LogP contribution in [0.25, 0.3) is 0 Å². The third kappa shape index (κ3) is 3.88. The number of methoxy groups -OCH3 is 2. The van der Waals surface area contributed by atoms with Gasteiger partial charge in [0.2, 0.25) is 0 Å².